The van der Waals surface area contributed by atoms with Gasteiger partial charge in [0.15, 0.2) is 0 Å². The van der Waals surface area contributed by atoms with Crippen molar-refractivity contribution in [3.05, 3.63) is 24.3 Å². The van der Waals surface area contributed by atoms with Crippen LogP contribution in [0.5, 0.6) is 0 Å². The number of fused-ring (bicyclic) bond motifs is 3. The maximum absolute atomic E-state index is 12.9. The second kappa shape index (κ2) is 5.06. The number of carboxylic acids is 1. The number of rotatable bonds is 2. The molecule has 0 aromatic heterocycles. The van der Waals surface area contributed by atoms with Gasteiger partial charge in [0.1, 0.15) is 5.78 Å². The fourth-order valence-electron chi connectivity index (χ4n) is 5.56. The normalized spacial score (nSPS) is 46.4. The Hall–Kier alpha value is -1.38. The molecule has 0 spiro atoms. The van der Waals surface area contributed by atoms with Gasteiger partial charge in [0.25, 0.3) is 0 Å². The number of carboxylic acid groups (broad SMARTS) is 1. The van der Waals surface area contributed by atoms with Crippen molar-refractivity contribution in [3.8, 4) is 0 Å². The second-order valence-electron chi connectivity index (χ2n) is 8.60. The van der Waals surface area contributed by atoms with E-state index in [-0.39, 0.29) is 17.1 Å². The van der Waals surface area contributed by atoms with Crippen LogP contribution in [-0.2, 0) is 9.59 Å². The molecule has 2 saturated carbocycles. The van der Waals surface area contributed by atoms with Crippen LogP contribution in [0.4, 0.5) is 0 Å². The summed E-state index contributed by atoms with van der Waals surface area (Å²) in [6.07, 6.45) is 8.91. The van der Waals surface area contributed by atoms with E-state index >= 15 is 0 Å². The molecule has 126 valence electrons. The van der Waals surface area contributed by atoms with E-state index in [0.29, 0.717) is 18.8 Å². The van der Waals surface area contributed by atoms with Crippen molar-refractivity contribution in [1.29, 1.82) is 0 Å². The monoisotopic (exact) mass is 316 g/mol. The van der Waals surface area contributed by atoms with Crippen molar-refractivity contribution in [2.24, 2.45) is 28.1 Å². The van der Waals surface area contributed by atoms with Gasteiger partial charge in [-0.2, -0.15) is 0 Å². The van der Waals surface area contributed by atoms with Gasteiger partial charge in [0.05, 0.1) is 10.8 Å². The molecule has 0 radical (unpaired) electrons. The highest BCUT2D eigenvalue weighted by molar-refractivity contribution is 5.92. The van der Waals surface area contributed by atoms with Crippen LogP contribution < -0.4 is 0 Å². The lowest BCUT2D eigenvalue weighted by atomic mass is 9.45. The smallest absolute Gasteiger partial charge is 0.309 e. The Labute approximate surface area is 138 Å². The molecule has 1 N–H and O–H groups in total. The molecule has 0 unspecified atom stereocenters. The van der Waals surface area contributed by atoms with Crippen LogP contribution in [0.1, 0.15) is 59.3 Å². The Morgan fingerprint density at radius 1 is 1.35 bits per heavy atom. The average Bonchev–Trinajstić information content (AvgIpc) is 2.51. The van der Waals surface area contributed by atoms with E-state index in [4.69, 9.17) is 0 Å². The number of carbonyl (C=O) groups excluding carboxylic acids is 1. The van der Waals surface area contributed by atoms with E-state index in [2.05, 4.69) is 19.6 Å². The lowest BCUT2D eigenvalue weighted by molar-refractivity contribution is -0.164. The van der Waals surface area contributed by atoms with Gasteiger partial charge in [-0.3, -0.25) is 9.59 Å². The molecule has 0 aromatic carbocycles. The van der Waals surface area contributed by atoms with Crippen LogP contribution in [0.25, 0.3) is 0 Å². The number of hydrogen-bond acceptors (Lipinski definition) is 2. The molecule has 3 aliphatic rings. The predicted molar refractivity (Wildman–Crippen MR) is 89.9 cm³/mol. The number of aliphatic carboxylic acids is 1. The zero-order chi connectivity index (χ0) is 17.0. The van der Waals surface area contributed by atoms with Crippen LogP contribution in [0, 0.1) is 28.1 Å². The van der Waals surface area contributed by atoms with Gasteiger partial charge >= 0.3 is 5.97 Å². The van der Waals surface area contributed by atoms with Gasteiger partial charge in [-0.15, -0.1) is 6.58 Å². The van der Waals surface area contributed by atoms with Crippen molar-refractivity contribution in [2.45, 2.75) is 59.3 Å². The minimum atomic E-state index is -0.784. The molecule has 0 saturated heterocycles. The molecule has 3 rings (SSSR count). The molecule has 3 aliphatic carbocycles. The van der Waals surface area contributed by atoms with Gasteiger partial charge in [0.2, 0.25) is 0 Å². The highest BCUT2D eigenvalue weighted by atomic mass is 16.4. The van der Waals surface area contributed by atoms with Crippen LogP contribution in [0.15, 0.2) is 24.3 Å². The minimum Gasteiger partial charge on any atom is -0.481 e. The lowest BCUT2D eigenvalue weighted by Gasteiger charge is -2.56. The number of Topliss-reactive ketones (excluding diaryl/α,β-unsaturated/α-hetero) is 1. The lowest BCUT2D eigenvalue weighted by Crippen LogP contribution is -2.56. The zero-order valence-electron chi connectivity index (χ0n) is 14.5. The Kier molecular flexibility index (Phi) is 3.62. The van der Waals surface area contributed by atoms with E-state index in [1.54, 1.807) is 0 Å². The van der Waals surface area contributed by atoms with Crippen molar-refractivity contribution in [2.75, 3.05) is 0 Å². The van der Waals surface area contributed by atoms with E-state index in [0.717, 1.165) is 25.7 Å². The van der Waals surface area contributed by atoms with Gasteiger partial charge in [-0.05, 0) is 63.2 Å². The van der Waals surface area contributed by atoms with Crippen molar-refractivity contribution in [3.63, 3.8) is 0 Å². The van der Waals surface area contributed by atoms with Gasteiger partial charge in [-0.25, -0.2) is 0 Å². The van der Waals surface area contributed by atoms with Gasteiger partial charge in [-0.1, -0.05) is 24.6 Å². The first-order valence-corrected chi connectivity index (χ1v) is 8.78. The molecule has 0 aliphatic heterocycles. The minimum absolute atomic E-state index is 0.0793. The first-order chi connectivity index (χ1) is 10.7. The third-order valence-electron chi connectivity index (χ3n) is 7.24. The number of carbonyl (C=O) groups is 2. The summed E-state index contributed by atoms with van der Waals surface area (Å²) in [5.41, 5.74) is -0.0411. The van der Waals surface area contributed by atoms with Crippen LogP contribution in [0.2, 0.25) is 0 Å². The molecule has 0 aromatic rings. The molecular formula is C20H28O3. The Balaban J connectivity index is 2.07. The van der Waals surface area contributed by atoms with Gasteiger partial charge in [0, 0.05) is 6.42 Å². The quantitative estimate of drug-likeness (QED) is 0.769. The summed E-state index contributed by atoms with van der Waals surface area (Å²) >= 11 is 0. The van der Waals surface area contributed by atoms with Crippen LogP contribution in [-0.4, -0.2) is 16.9 Å². The molecule has 0 amide bonds. The zero-order valence-corrected chi connectivity index (χ0v) is 14.5. The van der Waals surface area contributed by atoms with Crippen LogP contribution in [0.3, 0.4) is 0 Å². The van der Waals surface area contributed by atoms with Crippen LogP contribution >= 0.6 is 0 Å². The summed E-state index contributed by atoms with van der Waals surface area (Å²) in [7, 11) is 0. The van der Waals surface area contributed by atoms with Crippen molar-refractivity contribution < 1.29 is 14.7 Å². The molecule has 0 bridgehead atoms. The fourth-order valence-corrected chi connectivity index (χ4v) is 5.56. The fraction of sp³-hybridized carbons (Fsp3) is 0.700. The SMILES string of the molecule is C=C[C@]1(C)CC=C2[C@@H](CC[C@@H]3[C@]2(C)C(=O)CC[C@@]3(C)C(=O)O)C1. The second-order valence-corrected chi connectivity index (χ2v) is 8.60. The van der Waals surface area contributed by atoms with Crippen molar-refractivity contribution >= 4 is 11.8 Å². The molecule has 3 nitrogen and oxygen atoms in total. The number of allylic oxidation sites excluding steroid dienone is 3. The van der Waals surface area contributed by atoms with Crippen molar-refractivity contribution in [1.82, 2.24) is 0 Å². The molecule has 2 fully saturated rings. The molecule has 0 heterocycles. The molecule has 23 heavy (non-hydrogen) atoms. The van der Waals surface area contributed by atoms with E-state index < -0.39 is 16.8 Å². The summed E-state index contributed by atoms with van der Waals surface area (Å²) in [6, 6.07) is 0. The topological polar surface area (TPSA) is 54.4 Å². The van der Waals surface area contributed by atoms with E-state index in [1.807, 2.05) is 19.9 Å². The predicted octanol–water partition coefficient (Wildman–Crippen LogP) is 4.39. The summed E-state index contributed by atoms with van der Waals surface area (Å²) < 4.78 is 0. The van der Waals surface area contributed by atoms with Gasteiger partial charge < -0.3 is 5.11 Å². The standard InChI is InChI=1S/C20H28O3/c1-5-18(2)10-8-14-13(12-18)6-7-15-19(3,17(22)23)11-9-16(21)20(14,15)4/h5,8,13,15H,1,6-7,9-12H2,2-4H3,(H,22,23)/t13-,15-,18+,19+,20+/m0/s1. The molecule has 5 atom stereocenters. The van der Waals surface area contributed by atoms with E-state index in [1.165, 1.54) is 5.57 Å². The molecule has 3 heteroatoms. The number of hydrogen-bond donors (Lipinski definition) is 1. The number of ketones is 1. The maximum Gasteiger partial charge on any atom is 0.309 e. The first kappa shape index (κ1) is 16.5. The molecular weight excluding hydrogens is 288 g/mol. The summed E-state index contributed by atoms with van der Waals surface area (Å²) in [6.45, 7) is 10.1. The average molecular weight is 316 g/mol. The largest absolute Gasteiger partial charge is 0.481 e. The highest BCUT2D eigenvalue weighted by Gasteiger charge is 2.61. The first-order valence-electron chi connectivity index (χ1n) is 8.78. The summed E-state index contributed by atoms with van der Waals surface area (Å²) in [5, 5.41) is 9.81. The highest BCUT2D eigenvalue weighted by Crippen LogP contribution is 2.62. The third-order valence-corrected chi connectivity index (χ3v) is 7.24. The Morgan fingerprint density at radius 3 is 2.65 bits per heavy atom. The Morgan fingerprint density at radius 2 is 2.04 bits per heavy atom. The summed E-state index contributed by atoms with van der Waals surface area (Å²) in [5.74, 6) is -0.177. The maximum atomic E-state index is 12.9. The van der Waals surface area contributed by atoms with E-state index in [9.17, 15) is 14.7 Å². The summed E-state index contributed by atoms with van der Waals surface area (Å²) in [4.78, 5) is 24.8. The Bertz CT molecular complexity index is 604. The third kappa shape index (κ3) is 2.15.